The van der Waals surface area contributed by atoms with Crippen molar-refractivity contribution in [1.82, 2.24) is 4.72 Å². The molecule has 5 heteroatoms. The quantitative estimate of drug-likeness (QED) is 0.767. The van der Waals surface area contributed by atoms with E-state index in [-0.39, 0.29) is 6.04 Å². The molecule has 0 spiro atoms. The zero-order valence-corrected chi connectivity index (χ0v) is 12.5. The fourth-order valence-corrected chi connectivity index (χ4v) is 2.84. The number of nitrogens with one attached hydrogen (secondary N) is 1. The average Bonchev–Trinajstić information content (AvgIpc) is 2.39. The van der Waals surface area contributed by atoms with E-state index in [0.29, 0.717) is 17.9 Å². The minimum Gasteiger partial charge on any atom is -0.328 e. The summed E-state index contributed by atoms with van der Waals surface area (Å²) in [5.74, 6) is 0. The minimum absolute atomic E-state index is 0.0506. The molecule has 19 heavy (non-hydrogen) atoms. The second kappa shape index (κ2) is 7.62. The molecule has 4 nitrogen and oxygen atoms in total. The SMILES string of the molecule is CCCc1ccc(S(=O)(=O)NCCC(N)CC)cc1. The van der Waals surface area contributed by atoms with E-state index in [1.807, 2.05) is 19.1 Å². The smallest absolute Gasteiger partial charge is 0.240 e. The summed E-state index contributed by atoms with van der Waals surface area (Å²) < 4.78 is 26.6. The molecule has 0 aromatic heterocycles. The third-order valence-electron chi connectivity index (χ3n) is 3.10. The number of aryl methyl sites for hydroxylation is 1. The van der Waals surface area contributed by atoms with Crippen LogP contribution < -0.4 is 10.5 Å². The van der Waals surface area contributed by atoms with Gasteiger partial charge in [0.2, 0.25) is 10.0 Å². The first-order valence-corrected chi connectivity index (χ1v) is 8.32. The Balaban J connectivity index is 2.61. The standard InChI is InChI=1S/C14H24N2O2S/c1-3-5-12-6-8-14(9-7-12)19(17,18)16-11-10-13(15)4-2/h6-9,13,16H,3-5,10-11,15H2,1-2H3. The molecule has 0 amide bonds. The van der Waals surface area contributed by atoms with E-state index in [1.165, 1.54) is 0 Å². The molecule has 0 aliphatic rings. The van der Waals surface area contributed by atoms with Crippen molar-refractivity contribution < 1.29 is 8.42 Å². The molecule has 0 fully saturated rings. The molecule has 1 aromatic carbocycles. The van der Waals surface area contributed by atoms with Crippen LogP contribution in [0.2, 0.25) is 0 Å². The maximum atomic E-state index is 12.0. The molecule has 0 radical (unpaired) electrons. The van der Waals surface area contributed by atoms with Crippen molar-refractivity contribution in [1.29, 1.82) is 0 Å². The van der Waals surface area contributed by atoms with Crippen molar-refractivity contribution in [2.45, 2.75) is 50.5 Å². The number of sulfonamides is 1. The highest BCUT2D eigenvalue weighted by Gasteiger charge is 2.13. The van der Waals surface area contributed by atoms with Crippen LogP contribution in [-0.4, -0.2) is 21.0 Å². The van der Waals surface area contributed by atoms with Gasteiger partial charge < -0.3 is 5.73 Å². The second-order valence-electron chi connectivity index (χ2n) is 4.75. The first kappa shape index (κ1) is 16.1. The van der Waals surface area contributed by atoms with Gasteiger partial charge in [-0.05, 0) is 37.0 Å². The molecular formula is C14H24N2O2S. The van der Waals surface area contributed by atoms with Gasteiger partial charge in [-0.2, -0.15) is 0 Å². The molecule has 0 bridgehead atoms. The molecule has 108 valence electrons. The van der Waals surface area contributed by atoms with E-state index in [9.17, 15) is 8.42 Å². The molecule has 1 atom stereocenters. The Hall–Kier alpha value is -0.910. The third-order valence-corrected chi connectivity index (χ3v) is 4.58. The summed E-state index contributed by atoms with van der Waals surface area (Å²) in [6.45, 7) is 4.48. The van der Waals surface area contributed by atoms with Gasteiger partial charge in [0, 0.05) is 12.6 Å². The molecule has 0 aliphatic carbocycles. The van der Waals surface area contributed by atoms with Crippen LogP contribution in [0.3, 0.4) is 0 Å². The Bertz CT molecular complexity index is 469. The van der Waals surface area contributed by atoms with Gasteiger partial charge >= 0.3 is 0 Å². The van der Waals surface area contributed by atoms with E-state index >= 15 is 0 Å². The maximum absolute atomic E-state index is 12.0. The molecular weight excluding hydrogens is 260 g/mol. The Kier molecular flexibility index (Phi) is 6.48. The van der Waals surface area contributed by atoms with Crippen molar-refractivity contribution in [3.05, 3.63) is 29.8 Å². The van der Waals surface area contributed by atoms with Crippen molar-refractivity contribution >= 4 is 10.0 Å². The lowest BCUT2D eigenvalue weighted by atomic mass is 10.1. The number of benzene rings is 1. The van der Waals surface area contributed by atoms with Crippen molar-refractivity contribution in [3.8, 4) is 0 Å². The number of nitrogens with two attached hydrogens (primary N) is 1. The van der Waals surface area contributed by atoms with E-state index < -0.39 is 10.0 Å². The Morgan fingerprint density at radius 3 is 2.37 bits per heavy atom. The fourth-order valence-electron chi connectivity index (χ4n) is 1.79. The number of rotatable bonds is 8. The molecule has 0 aliphatic heterocycles. The minimum atomic E-state index is -3.40. The lowest BCUT2D eigenvalue weighted by Gasteiger charge is -2.10. The predicted octanol–water partition coefficient (Wildman–Crippen LogP) is 2.04. The topological polar surface area (TPSA) is 72.2 Å². The van der Waals surface area contributed by atoms with Crippen LogP contribution in [0.15, 0.2) is 29.2 Å². The summed E-state index contributed by atoms with van der Waals surface area (Å²) in [5.41, 5.74) is 6.92. The molecule has 0 saturated carbocycles. The van der Waals surface area contributed by atoms with Gasteiger partial charge in [0.15, 0.2) is 0 Å². The van der Waals surface area contributed by atoms with E-state index in [0.717, 1.165) is 24.8 Å². The van der Waals surface area contributed by atoms with Crippen LogP contribution in [0.5, 0.6) is 0 Å². The van der Waals surface area contributed by atoms with Crippen LogP contribution in [0, 0.1) is 0 Å². The highest BCUT2D eigenvalue weighted by molar-refractivity contribution is 7.89. The van der Waals surface area contributed by atoms with Crippen molar-refractivity contribution in [2.75, 3.05) is 6.54 Å². The van der Waals surface area contributed by atoms with Gasteiger partial charge in [0.05, 0.1) is 4.90 Å². The molecule has 0 heterocycles. The largest absolute Gasteiger partial charge is 0.328 e. The summed E-state index contributed by atoms with van der Waals surface area (Å²) in [6.07, 6.45) is 3.54. The molecule has 1 aromatic rings. The number of hydrogen-bond donors (Lipinski definition) is 2. The Labute approximate surface area is 116 Å². The van der Waals surface area contributed by atoms with Gasteiger partial charge in [-0.3, -0.25) is 0 Å². The highest BCUT2D eigenvalue weighted by atomic mass is 32.2. The summed E-state index contributed by atoms with van der Waals surface area (Å²) >= 11 is 0. The summed E-state index contributed by atoms with van der Waals surface area (Å²) in [7, 11) is -3.40. The van der Waals surface area contributed by atoms with Crippen molar-refractivity contribution in [3.63, 3.8) is 0 Å². The molecule has 3 N–H and O–H groups in total. The average molecular weight is 284 g/mol. The third kappa shape index (κ3) is 5.30. The van der Waals surface area contributed by atoms with E-state index in [1.54, 1.807) is 12.1 Å². The van der Waals surface area contributed by atoms with Crippen LogP contribution in [0.25, 0.3) is 0 Å². The van der Waals surface area contributed by atoms with E-state index in [2.05, 4.69) is 11.6 Å². The Morgan fingerprint density at radius 1 is 1.21 bits per heavy atom. The lowest BCUT2D eigenvalue weighted by molar-refractivity contribution is 0.558. The summed E-state index contributed by atoms with van der Waals surface area (Å²) in [4.78, 5) is 0.317. The van der Waals surface area contributed by atoms with Crippen LogP contribution in [0.1, 0.15) is 38.7 Å². The second-order valence-corrected chi connectivity index (χ2v) is 6.52. The van der Waals surface area contributed by atoms with Crippen molar-refractivity contribution in [2.24, 2.45) is 5.73 Å². The summed E-state index contributed by atoms with van der Waals surface area (Å²) in [6, 6.07) is 7.11. The zero-order chi connectivity index (χ0) is 14.3. The van der Waals surface area contributed by atoms with Gasteiger partial charge in [0.1, 0.15) is 0 Å². The first-order chi connectivity index (χ1) is 8.99. The highest BCUT2D eigenvalue weighted by Crippen LogP contribution is 2.11. The van der Waals surface area contributed by atoms with Crippen LogP contribution in [0.4, 0.5) is 0 Å². The van der Waals surface area contributed by atoms with Gasteiger partial charge in [0.25, 0.3) is 0 Å². The van der Waals surface area contributed by atoms with Gasteiger partial charge in [-0.15, -0.1) is 0 Å². The predicted molar refractivity (Wildman–Crippen MR) is 78.5 cm³/mol. The first-order valence-electron chi connectivity index (χ1n) is 6.83. The fraction of sp³-hybridized carbons (Fsp3) is 0.571. The van der Waals surface area contributed by atoms with Gasteiger partial charge in [-0.25, -0.2) is 13.1 Å². The number of hydrogen-bond acceptors (Lipinski definition) is 3. The molecule has 1 unspecified atom stereocenters. The molecule has 1 rings (SSSR count). The van der Waals surface area contributed by atoms with Gasteiger partial charge in [-0.1, -0.05) is 32.4 Å². The maximum Gasteiger partial charge on any atom is 0.240 e. The summed E-state index contributed by atoms with van der Waals surface area (Å²) in [5, 5.41) is 0. The van der Waals surface area contributed by atoms with Crippen LogP contribution >= 0.6 is 0 Å². The normalized spacial score (nSPS) is 13.4. The monoisotopic (exact) mass is 284 g/mol. The lowest BCUT2D eigenvalue weighted by Crippen LogP contribution is -2.30. The Morgan fingerprint density at radius 2 is 1.84 bits per heavy atom. The van der Waals surface area contributed by atoms with E-state index in [4.69, 9.17) is 5.73 Å². The zero-order valence-electron chi connectivity index (χ0n) is 11.7. The van der Waals surface area contributed by atoms with Crippen LogP contribution in [-0.2, 0) is 16.4 Å². The molecule has 0 saturated heterocycles.